The molecular weight excluding hydrogens is 424 g/mol. The first-order valence-corrected chi connectivity index (χ1v) is 9.87. The van der Waals surface area contributed by atoms with Crippen LogP contribution in [0.25, 0.3) is 22.1 Å². The van der Waals surface area contributed by atoms with Crippen molar-refractivity contribution in [1.82, 2.24) is 35.0 Å². The Morgan fingerprint density at radius 3 is 2.82 bits per heavy atom. The highest BCUT2D eigenvalue weighted by Crippen LogP contribution is 2.34. The summed E-state index contributed by atoms with van der Waals surface area (Å²) in [6, 6.07) is 1.93. The van der Waals surface area contributed by atoms with E-state index in [1.807, 2.05) is 11.0 Å². The Morgan fingerprint density at radius 2 is 1.96 bits per heavy atom. The lowest BCUT2D eigenvalue weighted by atomic mass is 10.1. The summed E-state index contributed by atoms with van der Waals surface area (Å²) in [6.45, 7) is 1.57. The first-order chi connectivity index (χ1) is 13.7. The summed E-state index contributed by atoms with van der Waals surface area (Å²) < 4.78 is 0.665. The molecule has 4 aromatic rings. The summed E-state index contributed by atoms with van der Waals surface area (Å²) in [4.78, 5) is 31.0. The molecule has 3 N–H and O–H groups in total. The predicted molar refractivity (Wildman–Crippen MR) is 109 cm³/mol. The lowest BCUT2D eigenvalue weighted by Gasteiger charge is -2.26. The van der Waals surface area contributed by atoms with E-state index in [9.17, 15) is 4.79 Å². The Bertz CT molecular complexity index is 1180. The van der Waals surface area contributed by atoms with E-state index in [0.29, 0.717) is 21.6 Å². The van der Waals surface area contributed by atoms with Crippen LogP contribution in [-0.2, 0) is 0 Å². The highest BCUT2D eigenvalue weighted by Gasteiger charge is 2.25. The minimum absolute atomic E-state index is 0.0167. The van der Waals surface area contributed by atoms with Crippen molar-refractivity contribution in [3.8, 4) is 0 Å². The summed E-state index contributed by atoms with van der Waals surface area (Å²) in [7, 11) is 0. The Hall–Kier alpha value is -3.01. The first kappa shape index (κ1) is 17.1. The van der Waals surface area contributed by atoms with Gasteiger partial charge in [-0.2, -0.15) is 5.10 Å². The third kappa shape index (κ3) is 2.89. The second-order valence-corrected chi connectivity index (χ2v) is 7.56. The van der Waals surface area contributed by atoms with Crippen LogP contribution in [-0.4, -0.2) is 54.0 Å². The van der Waals surface area contributed by atoms with E-state index >= 15 is 0 Å². The molecule has 1 fully saturated rings. The number of H-pyrrole nitrogens is 2. The van der Waals surface area contributed by atoms with Crippen LogP contribution in [0.15, 0.2) is 29.3 Å². The second kappa shape index (κ2) is 6.86. The number of hydrogen-bond acceptors (Lipinski definition) is 6. The number of carbonyl (C=O) groups is 1. The van der Waals surface area contributed by atoms with Crippen molar-refractivity contribution >= 4 is 55.4 Å². The third-order valence-corrected chi connectivity index (χ3v) is 5.73. The van der Waals surface area contributed by atoms with Crippen molar-refractivity contribution in [2.24, 2.45) is 0 Å². The van der Waals surface area contributed by atoms with Crippen LogP contribution in [0.3, 0.4) is 0 Å². The summed E-state index contributed by atoms with van der Waals surface area (Å²) in [5.74, 6) is 0.576. The Kier molecular flexibility index (Phi) is 4.19. The van der Waals surface area contributed by atoms with Gasteiger partial charge in [-0.05, 0) is 41.3 Å². The molecule has 0 aliphatic carbocycles. The van der Waals surface area contributed by atoms with Crippen LogP contribution in [0.4, 0.5) is 11.5 Å². The molecule has 0 radical (unpaired) electrons. The number of nitrogens with zero attached hydrogens (tertiary/aromatic N) is 5. The number of amides is 1. The lowest BCUT2D eigenvalue weighted by Crippen LogP contribution is -2.35. The molecule has 1 aliphatic heterocycles. The van der Waals surface area contributed by atoms with E-state index in [-0.39, 0.29) is 5.91 Å². The number of fused-ring (bicyclic) bond motifs is 2. The van der Waals surface area contributed by atoms with Crippen LogP contribution in [0.5, 0.6) is 0 Å². The number of hydrogen-bond donors (Lipinski definition) is 3. The summed E-state index contributed by atoms with van der Waals surface area (Å²) in [5, 5.41) is 11.7. The van der Waals surface area contributed by atoms with Gasteiger partial charge < -0.3 is 15.2 Å². The number of aromatic amines is 2. The van der Waals surface area contributed by atoms with Crippen molar-refractivity contribution in [1.29, 1.82) is 0 Å². The average molecular weight is 441 g/mol. The zero-order chi connectivity index (χ0) is 19.1. The number of likely N-dealkylation sites (tertiary alicyclic amines) is 1. The smallest absolute Gasteiger partial charge is 0.271 e. The molecule has 1 amide bonds. The highest BCUT2D eigenvalue weighted by atomic mass is 79.9. The molecular formula is C18H17BrN8O. The van der Waals surface area contributed by atoms with Crippen molar-refractivity contribution in [3.63, 3.8) is 0 Å². The molecule has 0 aromatic carbocycles. The van der Waals surface area contributed by atoms with Gasteiger partial charge in [0.25, 0.3) is 5.91 Å². The number of carbonyl (C=O) groups excluding carboxylic acids is 1. The van der Waals surface area contributed by atoms with Gasteiger partial charge in [-0.25, -0.2) is 15.0 Å². The molecule has 1 saturated heterocycles. The van der Waals surface area contributed by atoms with Gasteiger partial charge in [0, 0.05) is 18.5 Å². The number of nitrogens with one attached hydrogen (secondary N) is 3. The summed E-state index contributed by atoms with van der Waals surface area (Å²) in [6.07, 6.45) is 8.14. The SMILES string of the molecule is O=C(c1[nH]c2ncnc(Nc3cnc4[nH]ncc4c3)c2c1Br)N1CCCCC1. The fraction of sp³-hybridized carbons (Fsp3) is 0.278. The van der Waals surface area contributed by atoms with Gasteiger partial charge in [-0.15, -0.1) is 0 Å². The Balaban J connectivity index is 1.52. The van der Waals surface area contributed by atoms with Crippen molar-refractivity contribution < 1.29 is 4.79 Å². The van der Waals surface area contributed by atoms with Gasteiger partial charge in [-0.1, -0.05) is 0 Å². The molecule has 0 unspecified atom stereocenters. The fourth-order valence-corrected chi connectivity index (χ4v) is 4.17. The van der Waals surface area contributed by atoms with E-state index < -0.39 is 0 Å². The van der Waals surface area contributed by atoms with Crippen molar-refractivity contribution in [2.75, 3.05) is 18.4 Å². The molecule has 10 heteroatoms. The topological polar surface area (TPSA) is 115 Å². The number of halogens is 1. The molecule has 0 atom stereocenters. The maximum atomic E-state index is 13.0. The monoisotopic (exact) mass is 440 g/mol. The quantitative estimate of drug-likeness (QED) is 0.449. The lowest BCUT2D eigenvalue weighted by molar-refractivity contribution is 0.0718. The van der Waals surface area contributed by atoms with E-state index in [0.717, 1.165) is 48.0 Å². The zero-order valence-electron chi connectivity index (χ0n) is 14.9. The predicted octanol–water partition coefficient (Wildman–Crippen LogP) is 3.36. The number of rotatable bonds is 3. The molecule has 1 aliphatic rings. The van der Waals surface area contributed by atoms with E-state index in [4.69, 9.17) is 0 Å². The number of anilines is 2. The first-order valence-electron chi connectivity index (χ1n) is 9.08. The van der Waals surface area contributed by atoms with Crippen LogP contribution in [0.2, 0.25) is 0 Å². The molecule has 0 spiro atoms. The van der Waals surface area contributed by atoms with E-state index in [1.54, 1.807) is 12.4 Å². The van der Waals surface area contributed by atoms with Crippen LogP contribution in [0.1, 0.15) is 29.8 Å². The number of aromatic nitrogens is 6. The van der Waals surface area contributed by atoms with Crippen molar-refractivity contribution in [2.45, 2.75) is 19.3 Å². The highest BCUT2D eigenvalue weighted by molar-refractivity contribution is 9.10. The molecule has 28 heavy (non-hydrogen) atoms. The van der Waals surface area contributed by atoms with E-state index in [2.05, 4.69) is 51.4 Å². The molecule has 0 saturated carbocycles. The third-order valence-electron chi connectivity index (χ3n) is 4.94. The van der Waals surface area contributed by atoms with E-state index in [1.165, 1.54) is 12.7 Å². The zero-order valence-corrected chi connectivity index (χ0v) is 16.5. The number of pyridine rings is 1. The largest absolute Gasteiger partial charge is 0.338 e. The van der Waals surface area contributed by atoms with Gasteiger partial charge in [0.05, 0.1) is 27.9 Å². The van der Waals surface area contributed by atoms with Gasteiger partial charge >= 0.3 is 0 Å². The van der Waals surface area contributed by atoms with Crippen LogP contribution in [0, 0.1) is 0 Å². The normalized spacial score (nSPS) is 14.7. The summed E-state index contributed by atoms with van der Waals surface area (Å²) >= 11 is 3.59. The molecule has 142 valence electrons. The number of piperidine rings is 1. The molecule has 5 heterocycles. The van der Waals surface area contributed by atoms with Crippen LogP contribution >= 0.6 is 15.9 Å². The van der Waals surface area contributed by atoms with Crippen molar-refractivity contribution in [3.05, 3.63) is 35.0 Å². The van der Waals surface area contributed by atoms with Crippen LogP contribution < -0.4 is 5.32 Å². The minimum atomic E-state index is -0.0167. The van der Waals surface area contributed by atoms with Gasteiger partial charge in [0.1, 0.15) is 23.5 Å². The average Bonchev–Trinajstić information content (AvgIpc) is 3.33. The second-order valence-electron chi connectivity index (χ2n) is 6.77. The maximum Gasteiger partial charge on any atom is 0.271 e. The standard InChI is InChI=1S/C18H17BrN8O/c19-13-12-16(24-11-6-10-7-23-26-15(10)20-8-11)21-9-22-17(12)25-14(13)18(28)27-4-2-1-3-5-27/h6-9H,1-5H2,(H,20,23,26)(H2,21,22,24,25). The summed E-state index contributed by atoms with van der Waals surface area (Å²) in [5.41, 5.74) is 2.59. The molecule has 0 bridgehead atoms. The van der Waals surface area contributed by atoms with Gasteiger partial charge in [0.2, 0.25) is 0 Å². The maximum absolute atomic E-state index is 13.0. The Morgan fingerprint density at radius 1 is 1.11 bits per heavy atom. The van der Waals surface area contributed by atoms with Gasteiger partial charge in [-0.3, -0.25) is 9.89 Å². The molecule has 5 rings (SSSR count). The molecule has 4 aromatic heterocycles. The Labute approximate surface area is 168 Å². The molecule has 9 nitrogen and oxygen atoms in total. The fourth-order valence-electron chi connectivity index (χ4n) is 3.53. The minimum Gasteiger partial charge on any atom is -0.338 e. The van der Waals surface area contributed by atoms with Gasteiger partial charge in [0.15, 0.2) is 5.65 Å².